The van der Waals surface area contributed by atoms with Gasteiger partial charge in [0.2, 0.25) is 0 Å². The number of nitrogens with one attached hydrogen (secondary N) is 1. The Morgan fingerprint density at radius 2 is 2.00 bits per heavy atom. The van der Waals surface area contributed by atoms with Gasteiger partial charge in [0.15, 0.2) is 0 Å². The number of anilines is 2. The van der Waals surface area contributed by atoms with Crippen LogP contribution in [-0.2, 0) is 0 Å². The molecule has 4 heteroatoms. The molecule has 0 saturated heterocycles. The van der Waals surface area contributed by atoms with Crippen LogP contribution in [0, 0.1) is 0 Å². The maximum atomic E-state index is 13.0. The van der Waals surface area contributed by atoms with E-state index in [0.29, 0.717) is 6.04 Å². The molecule has 0 atom stereocenters. The van der Waals surface area contributed by atoms with Gasteiger partial charge in [-0.3, -0.25) is 4.79 Å². The molecular weight excluding hydrogens is 262 g/mol. The summed E-state index contributed by atoms with van der Waals surface area (Å²) in [5, 5.41) is 3.40. The normalized spacial score (nSPS) is 17.8. The summed E-state index contributed by atoms with van der Waals surface area (Å²) in [6.07, 6.45) is 5.37. The molecule has 1 aromatic heterocycles. The predicted molar refractivity (Wildman–Crippen MR) is 83.9 cm³/mol. The van der Waals surface area contributed by atoms with E-state index in [1.165, 1.54) is 12.8 Å². The van der Waals surface area contributed by atoms with E-state index in [-0.39, 0.29) is 5.91 Å². The van der Waals surface area contributed by atoms with Crippen molar-refractivity contribution in [2.45, 2.75) is 25.3 Å². The Kier molecular flexibility index (Phi) is 2.95. The quantitative estimate of drug-likeness (QED) is 0.917. The molecule has 2 aliphatic rings. The number of aromatic nitrogens is 1. The summed E-state index contributed by atoms with van der Waals surface area (Å²) in [5.41, 5.74) is 2.85. The molecule has 1 aromatic carbocycles. The number of nitrogens with zero attached hydrogens (tertiary/aromatic N) is 2. The van der Waals surface area contributed by atoms with Crippen LogP contribution in [0.25, 0.3) is 0 Å². The molecule has 2 aromatic rings. The highest BCUT2D eigenvalue weighted by Crippen LogP contribution is 2.37. The number of carbonyl (C=O) groups is 1. The maximum absolute atomic E-state index is 13.0. The standard InChI is InChI=1S/C17H19N3O/c21-17(16-7-3-11-19(16)13-8-9-13)20-12-4-10-18-14-5-1-2-6-15(14)20/h1-3,5-7,11,13,18H,4,8-10,12H2. The van der Waals surface area contributed by atoms with Crippen molar-refractivity contribution in [3.05, 3.63) is 48.3 Å². The molecule has 1 aliphatic carbocycles. The molecule has 0 radical (unpaired) electrons. The Hall–Kier alpha value is -2.23. The van der Waals surface area contributed by atoms with E-state index in [4.69, 9.17) is 0 Å². The number of benzene rings is 1. The minimum absolute atomic E-state index is 0.114. The summed E-state index contributed by atoms with van der Waals surface area (Å²) in [5.74, 6) is 0.114. The number of rotatable bonds is 2. The highest BCUT2D eigenvalue weighted by molar-refractivity contribution is 6.07. The van der Waals surface area contributed by atoms with E-state index in [1.807, 2.05) is 47.5 Å². The first-order valence-corrected chi connectivity index (χ1v) is 7.66. The van der Waals surface area contributed by atoms with Gasteiger partial charge < -0.3 is 14.8 Å². The Bertz CT molecular complexity index is 672. The molecule has 0 bridgehead atoms. The average molecular weight is 281 g/mol. The molecule has 1 saturated carbocycles. The fraction of sp³-hybridized carbons (Fsp3) is 0.353. The zero-order valence-electron chi connectivity index (χ0n) is 12.0. The van der Waals surface area contributed by atoms with E-state index in [2.05, 4.69) is 9.88 Å². The van der Waals surface area contributed by atoms with Gasteiger partial charge in [-0.25, -0.2) is 0 Å². The average Bonchev–Trinajstić information content (AvgIpc) is 3.28. The Labute approximate surface area is 124 Å². The Balaban J connectivity index is 1.72. The van der Waals surface area contributed by atoms with E-state index < -0.39 is 0 Å². The van der Waals surface area contributed by atoms with Crippen molar-refractivity contribution >= 4 is 17.3 Å². The third-order valence-corrected chi connectivity index (χ3v) is 4.25. The molecule has 108 valence electrons. The first kappa shape index (κ1) is 12.5. The van der Waals surface area contributed by atoms with Crippen LogP contribution >= 0.6 is 0 Å². The van der Waals surface area contributed by atoms with Crippen molar-refractivity contribution in [1.29, 1.82) is 0 Å². The number of fused-ring (bicyclic) bond motifs is 1. The molecule has 1 aliphatic heterocycles. The second-order valence-corrected chi connectivity index (χ2v) is 5.79. The van der Waals surface area contributed by atoms with Crippen LogP contribution in [0.5, 0.6) is 0 Å². The van der Waals surface area contributed by atoms with Crippen molar-refractivity contribution < 1.29 is 4.79 Å². The van der Waals surface area contributed by atoms with Crippen LogP contribution in [-0.4, -0.2) is 23.6 Å². The second kappa shape index (κ2) is 4.95. The lowest BCUT2D eigenvalue weighted by Crippen LogP contribution is -2.33. The van der Waals surface area contributed by atoms with Crippen molar-refractivity contribution in [3.8, 4) is 0 Å². The lowest BCUT2D eigenvalue weighted by atomic mass is 10.2. The van der Waals surface area contributed by atoms with Crippen LogP contribution in [0.2, 0.25) is 0 Å². The minimum atomic E-state index is 0.114. The van der Waals surface area contributed by atoms with Gasteiger partial charge in [0, 0.05) is 25.3 Å². The van der Waals surface area contributed by atoms with Crippen molar-refractivity contribution in [2.24, 2.45) is 0 Å². The first-order valence-electron chi connectivity index (χ1n) is 7.66. The van der Waals surface area contributed by atoms with Crippen molar-refractivity contribution in [3.63, 3.8) is 0 Å². The van der Waals surface area contributed by atoms with Crippen LogP contribution < -0.4 is 10.2 Å². The lowest BCUT2D eigenvalue weighted by Gasteiger charge is -2.23. The minimum Gasteiger partial charge on any atom is -0.383 e. The van der Waals surface area contributed by atoms with E-state index >= 15 is 0 Å². The number of hydrogen-bond acceptors (Lipinski definition) is 2. The lowest BCUT2D eigenvalue weighted by molar-refractivity contribution is 0.0978. The monoisotopic (exact) mass is 281 g/mol. The largest absolute Gasteiger partial charge is 0.383 e. The topological polar surface area (TPSA) is 37.3 Å². The molecule has 4 rings (SSSR count). The van der Waals surface area contributed by atoms with Crippen LogP contribution in [0.3, 0.4) is 0 Å². The van der Waals surface area contributed by atoms with Gasteiger partial charge in [0.25, 0.3) is 5.91 Å². The Morgan fingerprint density at radius 1 is 1.14 bits per heavy atom. The van der Waals surface area contributed by atoms with E-state index in [9.17, 15) is 4.79 Å². The SMILES string of the molecule is O=C(c1cccn1C1CC1)N1CCCNc2ccccc21. The fourth-order valence-corrected chi connectivity index (χ4v) is 3.03. The highest BCUT2D eigenvalue weighted by Gasteiger charge is 2.29. The van der Waals surface area contributed by atoms with Crippen LogP contribution in [0.1, 0.15) is 35.8 Å². The molecule has 1 amide bonds. The number of hydrogen-bond donors (Lipinski definition) is 1. The highest BCUT2D eigenvalue weighted by atomic mass is 16.2. The molecule has 1 N–H and O–H groups in total. The predicted octanol–water partition coefficient (Wildman–Crippen LogP) is 3.29. The third kappa shape index (κ3) is 2.20. The molecule has 2 heterocycles. The summed E-state index contributed by atoms with van der Waals surface area (Å²) in [6.45, 7) is 1.67. The number of amides is 1. The van der Waals surface area contributed by atoms with Gasteiger partial charge >= 0.3 is 0 Å². The molecule has 1 fully saturated rings. The van der Waals surface area contributed by atoms with Crippen molar-refractivity contribution in [1.82, 2.24) is 4.57 Å². The zero-order valence-corrected chi connectivity index (χ0v) is 12.0. The van der Waals surface area contributed by atoms with Gasteiger partial charge in [-0.1, -0.05) is 12.1 Å². The van der Waals surface area contributed by atoms with Crippen LogP contribution in [0.15, 0.2) is 42.6 Å². The molecule has 21 heavy (non-hydrogen) atoms. The molecule has 4 nitrogen and oxygen atoms in total. The van der Waals surface area contributed by atoms with Gasteiger partial charge in [-0.15, -0.1) is 0 Å². The smallest absolute Gasteiger partial charge is 0.274 e. The third-order valence-electron chi connectivity index (χ3n) is 4.25. The molecular formula is C17H19N3O. The molecule has 0 spiro atoms. The second-order valence-electron chi connectivity index (χ2n) is 5.79. The van der Waals surface area contributed by atoms with Crippen molar-refractivity contribution in [2.75, 3.05) is 23.3 Å². The van der Waals surface area contributed by atoms with Crippen LogP contribution in [0.4, 0.5) is 11.4 Å². The van der Waals surface area contributed by atoms with Gasteiger partial charge in [0.1, 0.15) is 5.69 Å². The summed E-state index contributed by atoms with van der Waals surface area (Å²) in [6, 6.07) is 12.5. The zero-order chi connectivity index (χ0) is 14.2. The van der Waals surface area contributed by atoms with Gasteiger partial charge in [-0.05, 0) is 43.5 Å². The summed E-state index contributed by atoms with van der Waals surface area (Å²) in [4.78, 5) is 14.9. The fourth-order valence-electron chi connectivity index (χ4n) is 3.03. The summed E-state index contributed by atoms with van der Waals surface area (Å²) < 4.78 is 2.14. The van der Waals surface area contributed by atoms with Gasteiger partial charge in [-0.2, -0.15) is 0 Å². The van der Waals surface area contributed by atoms with Gasteiger partial charge in [0.05, 0.1) is 11.4 Å². The first-order chi connectivity index (χ1) is 10.3. The number of para-hydroxylation sites is 2. The summed E-state index contributed by atoms with van der Waals surface area (Å²) >= 11 is 0. The van der Waals surface area contributed by atoms with E-state index in [1.54, 1.807) is 0 Å². The van der Waals surface area contributed by atoms with E-state index in [0.717, 1.165) is 36.6 Å². The Morgan fingerprint density at radius 3 is 2.86 bits per heavy atom. The molecule has 0 unspecified atom stereocenters. The number of carbonyl (C=O) groups excluding carboxylic acids is 1. The summed E-state index contributed by atoms with van der Waals surface area (Å²) in [7, 11) is 0. The maximum Gasteiger partial charge on any atom is 0.274 e.